The Morgan fingerprint density at radius 3 is 1.22 bits per heavy atom. The molecule has 18 aromatic rings. The molecule has 117 heavy (non-hydrogen) atoms. The Morgan fingerprint density at radius 2 is 0.812 bits per heavy atom. The number of nitrogens with zero attached hydrogens (tertiary/aromatic N) is 17. The number of H-pyrrole nitrogens is 4. The molecule has 0 radical (unpaired) electrons. The number of hydrogen-bond acceptors (Lipinski definition) is 24. The number of nitrogens with one attached hydrogen (secondary N) is 8. The second-order valence-corrected chi connectivity index (χ2v) is 26.7. The zero-order valence-corrected chi connectivity index (χ0v) is 64.3. The van der Waals surface area contributed by atoms with Crippen molar-refractivity contribution in [1.82, 2.24) is 105 Å². The first-order chi connectivity index (χ1) is 57.5. The monoisotopic (exact) mass is 1550 g/mol. The number of anilines is 8. The van der Waals surface area contributed by atoms with Crippen LogP contribution in [0.3, 0.4) is 0 Å². The molecule has 0 saturated carbocycles. The van der Waals surface area contributed by atoms with Gasteiger partial charge in [-0.05, 0) is 138 Å². The zero-order valence-electron chi connectivity index (χ0n) is 64.3. The maximum absolute atomic E-state index is 5.87. The molecule has 8 N–H and O–H groups in total. The average molecular weight is 1550 g/mol. The van der Waals surface area contributed by atoms with Gasteiger partial charge in [-0.2, -0.15) is 30.6 Å². The highest BCUT2D eigenvalue weighted by Crippen LogP contribution is 2.42. The van der Waals surface area contributed by atoms with Gasteiger partial charge < -0.3 is 53.6 Å². The van der Waals surface area contributed by atoms with Crippen LogP contribution in [-0.4, -0.2) is 133 Å². The number of ether oxygens (including phenoxy) is 4. The van der Waals surface area contributed by atoms with Crippen molar-refractivity contribution in [3.05, 3.63) is 256 Å². The van der Waals surface area contributed by atoms with Gasteiger partial charge in [0.15, 0.2) is 22.6 Å². The zero-order chi connectivity index (χ0) is 79.7. The Balaban J connectivity index is 0.000000112. The van der Waals surface area contributed by atoms with Crippen molar-refractivity contribution in [2.45, 2.75) is 19.8 Å². The van der Waals surface area contributed by atoms with Crippen LogP contribution >= 0.6 is 0 Å². The minimum absolute atomic E-state index is 0.559. The molecule has 0 fully saturated rings. The van der Waals surface area contributed by atoms with Gasteiger partial charge >= 0.3 is 0 Å². The van der Waals surface area contributed by atoms with E-state index in [1.165, 1.54) is 25.3 Å². The molecular formula is C86H75N25O6. The summed E-state index contributed by atoms with van der Waals surface area (Å²) in [7, 11) is 10.7. The molecule has 13 aromatic heterocycles. The topological polar surface area (TPSA) is 370 Å². The van der Waals surface area contributed by atoms with Crippen molar-refractivity contribution in [2.24, 2.45) is 21.1 Å². The highest BCUT2D eigenvalue weighted by molar-refractivity contribution is 6.03. The highest BCUT2D eigenvalue weighted by atomic mass is 16.5. The van der Waals surface area contributed by atoms with Crippen molar-refractivity contribution >= 4 is 101 Å². The second-order valence-electron chi connectivity index (χ2n) is 26.7. The van der Waals surface area contributed by atoms with Gasteiger partial charge in [-0.1, -0.05) is 85.0 Å². The first kappa shape index (κ1) is 73.7. The fraction of sp³-hybridized carbons (Fsp3) is 0.116. The van der Waals surface area contributed by atoms with Crippen molar-refractivity contribution in [3.8, 4) is 90.3 Å². The summed E-state index contributed by atoms with van der Waals surface area (Å²) < 4.78 is 38.5. The van der Waals surface area contributed by atoms with Gasteiger partial charge in [-0.3, -0.25) is 29.8 Å². The number of allylic oxidation sites excluding steroid dienone is 8. The van der Waals surface area contributed by atoms with Gasteiger partial charge in [0.25, 0.3) is 0 Å². The third kappa shape index (κ3) is 15.3. The molecule has 13 heterocycles. The van der Waals surface area contributed by atoms with E-state index in [-0.39, 0.29) is 0 Å². The van der Waals surface area contributed by atoms with Crippen LogP contribution < -0.4 is 40.2 Å². The number of hydrogen-bond donors (Lipinski definition) is 8. The lowest BCUT2D eigenvalue weighted by molar-refractivity contribution is 0.342. The van der Waals surface area contributed by atoms with Gasteiger partial charge in [0.1, 0.15) is 71.6 Å². The van der Waals surface area contributed by atoms with Gasteiger partial charge in [0.05, 0.1) is 131 Å². The van der Waals surface area contributed by atoms with E-state index in [0.29, 0.717) is 69.7 Å². The van der Waals surface area contributed by atoms with E-state index in [9.17, 15) is 0 Å². The number of furan rings is 2. The van der Waals surface area contributed by atoms with Crippen LogP contribution in [0.25, 0.3) is 123 Å². The molecule has 2 aliphatic carbocycles. The lowest BCUT2D eigenvalue weighted by atomic mass is 10.0. The molecule has 0 amide bonds. The largest absolute Gasteiger partial charge is 0.495 e. The molecule has 0 saturated heterocycles. The molecule has 0 unspecified atom stereocenters. The van der Waals surface area contributed by atoms with Crippen molar-refractivity contribution in [3.63, 3.8) is 0 Å². The van der Waals surface area contributed by atoms with Crippen LogP contribution in [0.2, 0.25) is 0 Å². The Hall–Kier alpha value is -16.1. The van der Waals surface area contributed by atoms with Gasteiger partial charge in [0, 0.05) is 68.2 Å². The SMILES string of the molecule is CCOc1ccc(-c2ccccc2)cc1Nc1ncnc2n[nH]c(C3=CCC=C3)c12.COc1ccc(-c2ccnn2C)cc1Nc1ncnc2n[nH]c(C3=CCC=C3)c12.COc1ccc(-c2ccoc2)cc1Nc1ncnc2n[nH]c(-c3ccn(C)c3)c12.COc1ccc(-c2ccoc2)cc1Nc1ncnc2n[nH]c(-c3ccnn3C)c12. The van der Waals surface area contributed by atoms with E-state index >= 15 is 0 Å². The number of rotatable bonds is 21. The number of methoxy groups -OCH3 is 3. The molecule has 5 aromatic carbocycles. The Kier molecular flexibility index (Phi) is 20.8. The van der Waals surface area contributed by atoms with Crippen LogP contribution in [-0.2, 0) is 21.1 Å². The predicted molar refractivity (Wildman–Crippen MR) is 450 cm³/mol. The van der Waals surface area contributed by atoms with Crippen LogP contribution in [0.4, 0.5) is 46.0 Å². The lowest BCUT2D eigenvalue weighted by Crippen LogP contribution is -2.01. The maximum atomic E-state index is 5.87. The smallest absolute Gasteiger partial charge is 0.186 e. The minimum Gasteiger partial charge on any atom is -0.495 e. The molecule has 0 atom stereocenters. The standard InChI is InChI=1S/C24H21N5O.C21H19N7O.C21H18N6O2.C20H17N7O2/c1-2-30-20-13-12-18(16-8-4-3-5-9-16)14-19(20)27-23-21-22(17-10-6-7-11-17)28-29-24(21)26-15-25-23;1-28-16(9-10-24-28)14-7-8-17(29-2)15(11-14)25-20-18-19(13-5-3-4-6-13)26-27-21(18)23-12-22-20;1-27-7-5-14(10-27)19-18-20(22-12-23-21(18)26-25-19)24-16-9-13(3-4-17(16)28-2)15-6-8-29-11-15;1-27-15(5-7-23-27)18-17-19(21-11-22-20(17)26-25-18)24-14-9-12(3-4-16(14)28-2)13-6-8-29-10-13/h3-6,8-15H,2,7H2,1H3,(H2,25,26,27,28,29);3,5-12H,4H2,1-2H3,(H2,22,23,25,26,27);3-12H,1-2H3,(H2,22,23,24,25,26);3-11H,1-2H3,(H2,21,22,24,25,26). The van der Waals surface area contributed by atoms with Gasteiger partial charge in [0.2, 0.25) is 0 Å². The van der Waals surface area contributed by atoms with Crippen molar-refractivity contribution in [1.29, 1.82) is 0 Å². The minimum atomic E-state index is 0.559. The fourth-order valence-corrected chi connectivity index (χ4v) is 13.9. The van der Waals surface area contributed by atoms with Crippen molar-refractivity contribution < 1.29 is 27.8 Å². The molecule has 2 aliphatic rings. The van der Waals surface area contributed by atoms with Gasteiger partial charge in [-0.15, -0.1) is 0 Å². The molecule has 0 bridgehead atoms. The molecular weight excluding hydrogens is 1480 g/mol. The van der Waals surface area contributed by atoms with Crippen LogP contribution in [0.15, 0.2) is 254 Å². The van der Waals surface area contributed by atoms with Crippen LogP contribution in [0.5, 0.6) is 23.0 Å². The molecule has 31 heteroatoms. The summed E-state index contributed by atoms with van der Waals surface area (Å²) >= 11 is 0. The number of benzene rings is 5. The summed E-state index contributed by atoms with van der Waals surface area (Å²) in [5, 5.41) is 55.2. The molecule has 580 valence electrons. The van der Waals surface area contributed by atoms with E-state index in [1.807, 2.05) is 159 Å². The summed E-state index contributed by atoms with van der Waals surface area (Å²) in [6.45, 7) is 2.55. The van der Waals surface area contributed by atoms with E-state index in [4.69, 9.17) is 27.8 Å². The molecule has 0 aliphatic heterocycles. The molecule has 0 spiro atoms. The molecule has 31 nitrogen and oxygen atoms in total. The average Bonchev–Trinajstić information content (AvgIpc) is 1.66. The Bertz CT molecular complexity index is 6700. The van der Waals surface area contributed by atoms with Gasteiger partial charge in [-0.25, -0.2) is 39.9 Å². The van der Waals surface area contributed by atoms with E-state index in [2.05, 4.69) is 173 Å². The molecule has 20 rings (SSSR count). The van der Waals surface area contributed by atoms with Crippen LogP contribution in [0, 0.1) is 0 Å². The summed E-state index contributed by atoms with van der Waals surface area (Å²) in [6, 6.07) is 43.9. The normalized spacial score (nSPS) is 12.1. The third-order valence-corrected chi connectivity index (χ3v) is 19.5. The number of aromatic amines is 4. The highest BCUT2D eigenvalue weighted by Gasteiger charge is 2.24. The summed E-state index contributed by atoms with van der Waals surface area (Å²) in [4.78, 5) is 35.1. The lowest BCUT2D eigenvalue weighted by Gasteiger charge is -2.14. The first-order valence-electron chi connectivity index (χ1n) is 37.1. The number of aryl methyl sites for hydroxylation is 3. The quantitative estimate of drug-likeness (QED) is 0.0331. The summed E-state index contributed by atoms with van der Waals surface area (Å²) in [5.74, 6) is 5.49. The first-order valence-corrected chi connectivity index (χ1v) is 37.1. The summed E-state index contributed by atoms with van der Waals surface area (Å²) in [6.07, 6.45) is 34.7. The fourth-order valence-electron chi connectivity index (χ4n) is 13.9. The Labute approximate surface area is 667 Å². The van der Waals surface area contributed by atoms with E-state index < -0.39 is 0 Å². The summed E-state index contributed by atoms with van der Waals surface area (Å²) in [5.41, 5.74) is 21.3. The van der Waals surface area contributed by atoms with Crippen molar-refractivity contribution in [2.75, 3.05) is 49.2 Å². The van der Waals surface area contributed by atoms with Crippen LogP contribution in [0.1, 0.15) is 31.2 Å². The second kappa shape index (κ2) is 33.1. The van der Waals surface area contributed by atoms with E-state index in [0.717, 1.165) is 153 Å². The maximum Gasteiger partial charge on any atom is 0.186 e. The number of aromatic nitrogens is 21. The Morgan fingerprint density at radius 1 is 0.402 bits per heavy atom. The van der Waals surface area contributed by atoms with E-state index in [1.54, 1.807) is 63.5 Å². The number of fused-ring (bicyclic) bond motifs is 4. The third-order valence-electron chi connectivity index (χ3n) is 19.5. The predicted octanol–water partition coefficient (Wildman–Crippen LogP) is 17.5.